The van der Waals surface area contributed by atoms with Gasteiger partial charge in [0, 0.05) is 41.2 Å². The van der Waals surface area contributed by atoms with E-state index in [1.807, 2.05) is 6.92 Å². The van der Waals surface area contributed by atoms with Crippen molar-refractivity contribution in [3.8, 4) is 0 Å². The average molecular weight is 566 g/mol. The fourth-order valence-corrected chi connectivity index (χ4v) is 7.69. The largest absolute Gasteiger partial charge is 0.477 e. The SMILES string of the molecule is C[C@@H](NC(=O)Cn1cnnn1)[C@H]1C(=O)N2C(C(=O)O)=C(S[C@@H]3CN[C@H](C(=O)N4C[C@@H](N)C[C@H]4CF)C3)[C@H](C)[C@H]12. The monoisotopic (exact) mass is 565 g/mol. The number of aromatic nitrogens is 4. The van der Waals surface area contributed by atoms with Crippen LogP contribution in [0.5, 0.6) is 0 Å². The number of thioether (sulfide) groups is 1. The first-order valence-corrected chi connectivity index (χ1v) is 13.8. The molecule has 0 spiro atoms. The Hall–Kier alpha value is -3.11. The van der Waals surface area contributed by atoms with Crippen molar-refractivity contribution in [2.45, 2.75) is 68.7 Å². The van der Waals surface area contributed by atoms with Gasteiger partial charge in [-0.3, -0.25) is 14.4 Å². The van der Waals surface area contributed by atoms with E-state index in [0.717, 1.165) is 0 Å². The third-order valence-corrected chi connectivity index (χ3v) is 9.52. The molecule has 4 aliphatic heterocycles. The molecule has 14 nitrogen and oxygen atoms in total. The second kappa shape index (κ2) is 10.8. The van der Waals surface area contributed by atoms with Gasteiger partial charge < -0.3 is 31.3 Å². The molecular weight excluding hydrogens is 533 g/mol. The number of likely N-dealkylation sites (tertiary alicyclic amines) is 1. The number of carbonyl (C=O) groups is 4. The molecule has 1 aromatic heterocycles. The molecule has 1 aromatic rings. The number of carboxylic acid groups (broad SMARTS) is 1. The smallest absolute Gasteiger partial charge is 0.353 e. The van der Waals surface area contributed by atoms with Crippen LogP contribution in [0.4, 0.5) is 4.39 Å². The number of hydrogen-bond acceptors (Lipinski definition) is 10. The number of aliphatic carboxylic acids is 1. The Morgan fingerprint density at radius 3 is 2.79 bits per heavy atom. The minimum atomic E-state index is -1.19. The quantitative estimate of drug-likeness (QED) is 0.250. The highest BCUT2D eigenvalue weighted by Crippen LogP contribution is 2.51. The van der Waals surface area contributed by atoms with E-state index in [9.17, 15) is 28.7 Å². The highest BCUT2D eigenvalue weighted by atomic mass is 32.2. The van der Waals surface area contributed by atoms with Crippen LogP contribution in [0.25, 0.3) is 0 Å². The van der Waals surface area contributed by atoms with E-state index >= 15 is 0 Å². The molecular formula is C23H32FN9O5S. The molecule has 3 saturated heterocycles. The zero-order valence-corrected chi connectivity index (χ0v) is 22.4. The van der Waals surface area contributed by atoms with Gasteiger partial charge in [-0.15, -0.1) is 16.9 Å². The molecule has 4 aliphatic rings. The molecule has 0 aliphatic carbocycles. The van der Waals surface area contributed by atoms with Gasteiger partial charge in [0.05, 0.1) is 24.0 Å². The lowest BCUT2D eigenvalue weighted by Crippen LogP contribution is -2.66. The minimum absolute atomic E-state index is 0.0382. The molecule has 0 radical (unpaired) electrons. The van der Waals surface area contributed by atoms with Gasteiger partial charge >= 0.3 is 5.97 Å². The Labute approximate surface area is 227 Å². The predicted molar refractivity (Wildman–Crippen MR) is 135 cm³/mol. The molecule has 0 aromatic carbocycles. The fourth-order valence-electron chi connectivity index (χ4n) is 6.22. The summed E-state index contributed by atoms with van der Waals surface area (Å²) in [6.45, 7) is 3.65. The first-order chi connectivity index (χ1) is 18.6. The normalized spacial score (nSPS) is 32.8. The Bertz CT molecular complexity index is 1180. The summed E-state index contributed by atoms with van der Waals surface area (Å²) < 4.78 is 14.7. The number of nitrogens with zero attached hydrogens (tertiary/aromatic N) is 6. The number of nitrogens with two attached hydrogens (primary N) is 1. The highest BCUT2D eigenvalue weighted by molar-refractivity contribution is 8.03. The second-order valence-electron chi connectivity index (χ2n) is 10.6. The van der Waals surface area contributed by atoms with Gasteiger partial charge in [0.2, 0.25) is 17.7 Å². The lowest BCUT2D eigenvalue weighted by atomic mass is 9.78. The number of carbonyl (C=O) groups excluding carboxylic acids is 3. The summed E-state index contributed by atoms with van der Waals surface area (Å²) in [5, 5.41) is 26.5. The number of fused-ring (bicyclic) bond motifs is 1. The van der Waals surface area contributed by atoms with E-state index in [1.54, 1.807) is 6.92 Å². The Balaban J connectivity index is 1.23. The van der Waals surface area contributed by atoms with Gasteiger partial charge in [0.25, 0.3) is 0 Å². The van der Waals surface area contributed by atoms with Crippen LogP contribution in [0, 0.1) is 11.8 Å². The number of alkyl halides is 1. The van der Waals surface area contributed by atoms with Crippen molar-refractivity contribution in [1.82, 2.24) is 40.6 Å². The third kappa shape index (κ3) is 5.00. The third-order valence-electron chi connectivity index (χ3n) is 8.01. The molecule has 0 bridgehead atoms. The van der Waals surface area contributed by atoms with Crippen LogP contribution in [-0.2, 0) is 25.7 Å². The first kappa shape index (κ1) is 27.5. The van der Waals surface area contributed by atoms with Gasteiger partial charge in [0.15, 0.2) is 0 Å². The highest BCUT2D eigenvalue weighted by Gasteiger charge is 2.60. The summed E-state index contributed by atoms with van der Waals surface area (Å²) in [5.74, 6) is -2.96. The Morgan fingerprint density at radius 1 is 1.36 bits per heavy atom. The summed E-state index contributed by atoms with van der Waals surface area (Å²) >= 11 is 1.37. The number of tetrazole rings is 1. The molecule has 212 valence electrons. The van der Waals surface area contributed by atoms with E-state index < -0.39 is 42.7 Å². The second-order valence-corrected chi connectivity index (χ2v) is 12.0. The average Bonchev–Trinajstić information content (AvgIpc) is 3.67. The lowest BCUT2D eigenvalue weighted by Gasteiger charge is -2.47. The van der Waals surface area contributed by atoms with Crippen molar-refractivity contribution in [3.05, 3.63) is 16.9 Å². The van der Waals surface area contributed by atoms with Gasteiger partial charge in [-0.1, -0.05) is 6.92 Å². The van der Waals surface area contributed by atoms with E-state index in [-0.39, 0.29) is 47.2 Å². The summed E-state index contributed by atoms with van der Waals surface area (Å²) in [6.07, 6.45) is 2.19. The summed E-state index contributed by atoms with van der Waals surface area (Å²) in [6, 6.07) is -2.20. The summed E-state index contributed by atoms with van der Waals surface area (Å²) in [4.78, 5) is 54.3. The number of halogens is 1. The summed E-state index contributed by atoms with van der Waals surface area (Å²) in [7, 11) is 0. The molecule has 3 fully saturated rings. The molecule has 16 heteroatoms. The minimum Gasteiger partial charge on any atom is -0.477 e. The number of amides is 3. The molecule has 3 amide bonds. The fraction of sp³-hybridized carbons (Fsp3) is 0.696. The van der Waals surface area contributed by atoms with E-state index in [4.69, 9.17) is 5.73 Å². The first-order valence-electron chi connectivity index (χ1n) is 12.9. The Kier molecular flexibility index (Phi) is 7.61. The molecule has 39 heavy (non-hydrogen) atoms. The van der Waals surface area contributed by atoms with Gasteiger partial charge in [0.1, 0.15) is 25.2 Å². The standard InChI is InChI=1S/C23H32FN9O5S/c1-10-18-17(11(2)28-16(34)8-31-9-27-29-30-31)22(36)33(18)19(23(37)38)20(10)39-14-4-15(26-6-14)21(35)32-7-12(25)3-13(32)5-24/h9-15,17-18,26H,3-8,25H2,1-2H3,(H,28,34)(H,37,38)/t10-,11-,12+,13+,14+,15+,17-,18-/m1/s1. The van der Waals surface area contributed by atoms with E-state index in [0.29, 0.717) is 30.8 Å². The lowest BCUT2D eigenvalue weighted by molar-refractivity contribution is -0.158. The molecule has 5 rings (SSSR count). The van der Waals surface area contributed by atoms with Crippen molar-refractivity contribution < 1.29 is 28.7 Å². The number of rotatable bonds is 9. The maximum absolute atomic E-state index is 13.4. The van der Waals surface area contributed by atoms with E-state index in [1.165, 1.54) is 32.6 Å². The molecule has 8 atom stereocenters. The number of β-lactam (4-membered cyclic amide) rings is 1. The maximum Gasteiger partial charge on any atom is 0.353 e. The Morgan fingerprint density at radius 2 is 2.13 bits per heavy atom. The molecule has 5 N–H and O–H groups in total. The van der Waals surface area contributed by atoms with Gasteiger partial charge in [-0.2, -0.15) is 0 Å². The van der Waals surface area contributed by atoms with Crippen LogP contribution in [-0.4, -0.2) is 114 Å². The maximum atomic E-state index is 13.4. The van der Waals surface area contributed by atoms with E-state index in [2.05, 4.69) is 26.2 Å². The van der Waals surface area contributed by atoms with Crippen LogP contribution in [0.2, 0.25) is 0 Å². The van der Waals surface area contributed by atoms with Crippen LogP contribution in [0.3, 0.4) is 0 Å². The van der Waals surface area contributed by atoms with Crippen molar-refractivity contribution in [2.24, 2.45) is 17.6 Å². The van der Waals surface area contributed by atoms with Gasteiger partial charge in [-0.05, 0) is 30.2 Å². The van der Waals surface area contributed by atoms with Gasteiger partial charge in [-0.25, -0.2) is 13.9 Å². The zero-order valence-electron chi connectivity index (χ0n) is 21.6. The number of hydrogen-bond donors (Lipinski definition) is 4. The molecule has 0 unspecified atom stereocenters. The van der Waals surface area contributed by atoms with Crippen LogP contribution >= 0.6 is 11.8 Å². The van der Waals surface area contributed by atoms with Crippen LogP contribution in [0.15, 0.2) is 16.9 Å². The van der Waals surface area contributed by atoms with Crippen molar-refractivity contribution in [2.75, 3.05) is 19.8 Å². The van der Waals surface area contributed by atoms with Crippen LogP contribution < -0.4 is 16.4 Å². The predicted octanol–water partition coefficient (Wildman–Crippen LogP) is -1.69. The van der Waals surface area contributed by atoms with Crippen molar-refractivity contribution in [1.29, 1.82) is 0 Å². The molecule has 5 heterocycles. The molecule has 0 saturated carbocycles. The van der Waals surface area contributed by atoms with Crippen molar-refractivity contribution >= 4 is 35.5 Å². The topological polar surface area (TPSA) is 189 Å². The zero-order chi connectivity index (χ0) is 28.0. The van der Waals surface area contributed by atoms with Crippen LogP contribution in [0.1, 0.15) is 26.7 Å². The number of carboxylic acids is 1. The summed E-state index contributed by atoms with van der Waals surface area (Å²) in [5.41, 5.74) is 5.91. The van der Waals surface area contributed by atoms with Crippen molar-refractivity contribution in [3.63, 3.8) is 0 Å². The number of nitrogens with one attached hydrogen (secondary N) is 2.